The van der Waals surface area contributed by atoms with Crippen molar-refractivity contribution in [2.75, 3.05) is 0 Å². The fraction of sp³-hybridized carbons (Fsp3) is 0.0526. The molecule has 3 aromatic heterocycles. The van der Waals surface area contributed by atoms with E-state index in [1.807, 2.05) is 31.2 Å². The smallest absolute Gasteiger partial charge is 0.165 e. The molecule has 0 aliphatic rings. The van der Waals surface area contributed by atoms with Crippen LogP contribution < -0.4 is 4.74 Å². The zero-order valence-corrected chi connectivity index (χ0v) is 13.7. The van der Waals surface area contributed by atoms with Crippen LogP contribution in [0.2, 0.25) is 0 Å². The van der Waals surface area contributed by atoms with E-state index < -0.39 is 0 Å². The van der Waals surface area contributed by atoms with Gasteiger partial charge >= 0.3 is 0 Å². The standard InChI is InChI=1S/C19H13FN2OS/c1-12-2-3-16(14(20)10-12)23-17-6-9-22-15-11-18(24-19(15)17)13-4-7-21-8-5-13/h2-11H,1H3. The number of rotatable bonds is 3. The maximum atomic E-state index is 14.1. The van der Waals surface area contributed by atoms with Crippen LogP contribution in [0.25, 0.3) is 20.7 Å². The van der Waals surface area contributed by atoms with E-state index in [0.29, 0.717) is 5.75 Å². The quantitative estimate of drug-likeness (QED) is 0.488. The lowest BCUT2D eigenvalue weighted by molar-refractivity contribution is 0.446. The van der Waals surface area contributed by atoms with Gasteiger partial charge in [-0.2, -0.15) is 0 Å². The minimum absolute atomic E-state index is 0.215. The Hall–Kier alpha value is -2.79. The molecule has 3 heterocycles. The molecule has 1 aromatic carbocycles. The van der Waals surface area contributed by atoms with Crippen molar-refractivity contribution in [2.24, 2.45) is 0 Å². The summed E-state index contributed by atoms with van der Waals surface area (Å²) in [5, 5.41) is 0. The largest absolute Gasteiger partial charge is 0.453 e. The minimum atomic E-state index is -0.370. The molecule has 0 unspecified atom stereocenters. The van der Waals surface area contributed by atoms with Gasteiger partial charge in [0.2, 0.25) is 0 Å². The first-order valence-electron chi connectivity index (χ1n) is 7.44. The van der Waals surface area contributed by atoms with Gasteiger partial charge in [0.05, 0.1) is 10.2 Å². The molecule has 0 radical (unpaired) electrons. The van der Waals surface area contributed by atoms with Crippen LogP contribution in [0, 0.1) is 12.7 Å². The number of hydrogen-bond donors (Lipinski definition) is 0. The lowest BCUT2D eigenvalue weighted by Crippen LogP contribution is -1.89. The summed E-state index contributed by atoms with van der Waals surface area (Å²) in [6, 6.07) is 12.6. The molecule has 118 valence electrons. The van der Waals surface area contributed by atoms with Gasteiger partial charge in [0.25, 0.3) is 0 Å². The summed E-state index contributed by atoms with van der Waals surface area (Å²) >= 11 is 1.57. The Morgan fingerprint density at radius 1 is 0.958 bits per heavy atom. The van der Waals surface area contributed by atoms with Gasteiger partial charge in [-0.1, -0.05) is 6.07 Å². The molecule has 0 N–H and O–H groups in total. The van der Waals surface area contributed by atoms with E-state index in [0.717, 1.165) is 26.2 Å². The highest BCUT2D eigenvalue weighted by Crippen LogP contribution is 2.39. The third kappa shape index (κ3) is 2.74. The van der Waals surface area contributed by atoms with E-state index in [4.69, 9.17) is 4.74 Å². The number of aromatic nitrogens is 2. The molecule has 0 aliphatic carbocycles. The van der Waals surface area contributed by atoms with Crippen molar-refractivity contribution in [3.63, 3.8) is 0 Å². The van der Waals surface area contributed by atoms with E-state index in [1.54, 1.807) is 42.1 Å². The van der Waals surface area contributed by atoms with Gasteiger partial charge in [0.1, 0.15) is 5.75 Å². The Bertz CT molecular complexity index is 1010. The van der Waals surface area contributed by atoms with Gasteiger partial charge in [-0.05, 0) is 48.4 Å². The number of ether oxygens (including phenoxy) is 1. The van der Waals surface area contributed by atoms with Crippen LogP contribution >= 0.6 is 11.3 Å². The van der Waals surface area contributed by atoms with Gasteiger partial charge in [0, 0.05) is 29.5 Å². The van der Waals surface area contributed by atoms with Crippen LogP contribution in [-0.4, -0.2) is 9.97 Å². The highest BCUT2D eigenvalue weighted by atomic mass is 32.1. The highest BCUT2D eigenvalue weighted by molar-refractivity contribution is 7.22. The summed E-state index contributed by atoms with van der Waals surface area (Å²) in [7, 11) is 0. The van der Waals surface area contributed by atoms with Crippen molar-refractivity contribution >= 4 is 21.6 Å². The normalized spacial score (nSPS) is 10.9. The molecular weight excluding hydrogens is 323 g/mol. The van der Waals surface area contributed by atoms with E-state index >= 15 is 0 Å². The summed E-state index contributed by atoms with van der Waals surface area (Å²) in [5.41, 5.74) is 2.76. The minimum Gasteiger partial charge on any atom is -0.453 e. The molecule has 0 fully saturated rings. The molecule has 0 aliphatic heterocycles. The van der Waals surface area contributed by atoms with Crippen molar-refractivity contribution in [2.45, 2.75) is 6.92 Å². The van der Waals surface area contributed by atoms with Crippen molar-refractivity contribution in [1.82, 2.24) is 9.97 Å². The number of benzene rings is 1. The monoisotopic (exact) mass is 336 g/mol. The summed E-state index contributed by atoms with van der Waals surface area (Å²) in [5.74, 6) is 0.450. The number of fused-ring (bicyclic) bond motifs is 1. The molecule has 3 nitrogen and oxygen atoms in total. The Morgan fingerprint density at radius 2 is 1.79 bits per heavy atom. The predicted octanol–water partition coefficient (Wildman–Crippen LogP) is 5.60. The van der Waals surface area contributed by atoms with Crippen LogP contribution in [0.15, 0.2) is 61.1 Å². The van der Waals surface area contributed by atoms with E-state index in [1.165, 1.54) is 6.07 Å². The Labute approximate surface area is 142 Å². The number of hydrogen-bond acceptors (Lipinski definition) is 4. The average molecular weight is 336 g/mol. The lowest BCUT2D eigenvalue weighted by Gasteiger charge is -2.07. The number of halogens is 1. The second-order valence-electron chi connectivity index (χ2n) is 5.41. The maximum Gasteiger partial charge on any atom is 0.165 e. The van der Waals surface area contributed by atoms with E-state index in [9.17, 15) is 4.39 Å². The first kappa shape index (κ1) is 14.8. The van der Waals surface area contributed by atoms with Crippen LogP contribution in [0.4, 0.5) is 4.39 Å². The molecule has 4 aromatic rings. The fourth-order valence-corrected chi connectivity index (χ4v) is 3.53. The van der Waals surface area contributed by atoms with Crippen LogP contribution in [0.3, 0.4) is 0 Å². The van der Waals surface area contributed by atoms with Gasteiger partial charge in [-0.3, -0.25) is 9.97 Å². The summed E-state index contributed by atoms with van der Waals surface area (Å²) < 4.78 is 20.8. The first-order chi connectivity index (χ1) is 11.7. The highest BCUT2D eigenvalue weighted by Gasteiger charge is 2.12. The summed E-state index contributed by atoms with van der Waals surface area (Å²) in [4.78, 5) is 9.49. The average Bonchev–Trinajstić information content (AvgIpc) is 3.03. The molecule has 0 amide bonds. The zero-order valence-electron chi connectivity index (χ0n) is 12.9. The van der Waals surface area contributed by atoms with Crippen molar-refractivity contribution in [3.05, 3.63) is 72.4 Å². The van der Waals surface area contributed by atoms with Gasteiger partial charge in [-0.15, -0.1) is 11.3 Å². The third-order valence-corrected chi connectivity index (χ3v) is 4.84. The predicted molar refractivity (Wildman–Crippen MR) is 94.1 cm³/mol. The van der Waals surface area contributed by atoms with Crippen molar-refractivity contribution in [1.29, 1.82) is 0 Å². The summed E-state index contributed by atoms with van der Waals surface area (Å²) in [6.45, 7) is 1.85. The van der Waals surface area contributed by atoms with Crippen LogP contribution in [0.1, 0.15) is 5.56 Å². The number of pyridine rings is 2. The number of aryl methyl sites for hydroxylation is 1. The topological polar surface area (TPSA) is 35.0 Å². The molecule has 0 saturated heterocycles. The third-order valence-electron chi connectivity index (χ3n) is 3.65. The molecule has 24 heavy (non-hydrogen) atoms. The SMILES string of the molecule is Cc1ccc(Oc2ccnc3cc(-c4ccncc4)sc23)c(F)c1. The number of nitrogens with zero attached hydrogens (tertiary/aromatic N) is 2. The van der Waals surface area contributed by atoms with Crippen molar-refractivity contribution in [3.8, 4) is 21.9 Å². The Morgan fingerprint density at radius 3 is 2.58 bits per heavy atom. The van der Waals surface area contributed by atoms with Crippen LogP contribution in [0.5, 0.6) is 11.5 Å². The van der Waals surface area contributed by atoms with E-state index in [2.05, 4.69) is 9.97 Å². The first-order valence-corrected chi connectivity index (χ1v) is 8.25. The Balaban J connectivity index is 1.77. The fourth-order valence-electron chi connectivity index (χ4n) is 2.46. The molecule has 0 saturated carbocycles. The molecule has 5 heteroatoms. The second kappa shape index (κ2) is 6.02. The van der Waals surface area contributed by atoms with Crippen LogP contribution in [-0.2, 0) is 0 Å². The van der Waals surface area contributed by atoms with Gasteiger partial charge in [0.15, 0.2) is 11.6 Å². The molecule has 0 atom stereocenters. The van der Waals surface area contributed by atoms with Crippen molar-refractivity contribution < 1.29 is 9.13 Å². The molecular formula is C19H13FN2OS. The zero-order chi connectivity index (χ0) is 16.5. The van der Waals surface area contributed by atoms with Gasteiger partial charge in [-0.25, -0.2) is 4.39 Å². The molecule has 0 spiro atoms. The lowest BCUT2D eigenvalue weighted by atomic mass is 10.2. The Kier molecular flexibility index (Phi) is 3.70. The number of thiophene rings is 1. The van der Waals surface area contributed by atoms with Gasteiger partial charge < -0.3 is 4.74 Å². The summed E-state index contributed by atoms with van der Waals surface area (Å²) in [6.07, 6.45) is 5.19. The second-order valence-corrected chi connectivity index (χ2v) is 6.46. The molecule has 0 bridgehead atoms. The van der Waals surface area contributed by atoms with E-state index in [-0.39, 0.29) is 11.6 Å². The maximum absolute atomic E-state index is 14.1. The molecule has 4 rings (SSSR count).